The highest BCUT2D eigenvalue weighted by atomic mass is 16.4. The lowest BCUT2D eigenvalue weighted by Gasteiger charge is -2.07. The molecule has 0 saturated carbocycles. The van der Waals surface area contributed by atoms with E-state index in [1.165, 1.54) is 0 Å². The zero-order valence-electron chi connectivity index (χ0n) is 14.7. The van der Waals surface area contributed by atoms with Crippen LogP contribution in [-0.4, -0.2) is 25.8 Å². The minimum atomic E-state index is -0.828. The number of H-pyrrole nitrogens is 1. The first-order valence-corrected chi connectivity index (χ1v) is 8.47. The number of fused-ring (bicyclic) bond motifs is 1. The molecule has 4 rings (SSSR count). The molecule has 2 aromatic heterocycles. The van der Waals surface area contributed by atoms with Crippen molar-refractivity contribution in [1.29, 1.82) is 0 Å². The van der Waals surface area contributed by atoms with E-state index in [2.05, 4.69) is 28.3 Å². The van der Waals surface area contributed by atoms with Crippen LogP contribution in [-0.2, 0) is 11.2 Å². The molecule has 0 bridgehead atoms. The second-order valence-corrected chi connectivity index (χ2v) is 6.53. The van der Waals surface area contributed by atoms with E-state index in [-0.39, 0.29) is 6.42 Å². The Morgan fingerprint density at radius 1 is 1.08 bits per heavy atom. The van der Waals surface area contributed by atoms with E-state index < -0.39 is 5.97 Å². The quantitative estimate of drug-likeness (QED) is 0.580. The van der Waals surface area contributed by atoms with Crippen molar-refractivity contribution < 1.29 is 9.90 Å². The molecular weight excluding hydrogens is 326 g/mol. The molecule has 0 aliphatic carbocycles. The molecule has 2 aromatic carbocycles. The van der Waals surface area contributed by atoms with Crippen LogP contribution in [0.25, 0.3) is 27.7 Å². The number of aromatic amines is 1. The smallest absolute Gasteiger partial charge is 0.307 e. The van der Waals surface area contributed by atoms with Crippen LogP contribution < -0.4 is 0 Å². The highest BCUT2D eigenvalue weighted by molar-refractivity contribution is 5.90. The molecule has 2 heterocycles. The molecule has 5 heteroatoms. The van der Waals surface area contributed by atoms with Crippen LogP contribution in [0.5, 0.6) is 0 Å². The first-order valence-electron chi connectivity index (χ1n) is 8.47. The first kappa shape index (κ1) is 16.1. The average Bonchev–Trinajstić information content (AvgIpc) is 3.17. The molecule has 0 saturated heterocycles. The summed E-state index contributed by atoms with van der Waals surface area (Å²) < 4.78 is 1.93. The second-order valence-electron chi connectivity index (χ2n) is 6.53. The molecule has 2 N–H and O–H groups in total. The minimum Gasteiger partial charge on any atom is -0.481 e. The highest BCUT2D eigenvalue weighted by Crippen LogP contribution is 2.27. The van der Waals surface area contributed by atoms with Gasteiger partial charge in [-0.3, -0.25) is 4.79 Å². The molecule has 4 aromatic rings. The molecule has 0 aliphatic rings. The Bertz CT molecular complexity index is 1100. The maximum atomic E-state index is 11.0. The Hall–Kier alpha value is -3.34. The van der Waals surface area contributed by atoms with Crippen molar-refractivity contribution in [2.24, 2.45) is 0 Å². The summed E-state index contributed by atoms with van der Waals surface area (Å²) in [7, 11) is 0. The lowest BCUT2D eigenvalue weighted by molar-refractivity contribution is -0.136. The number of carboxylic acids is 1. The number of aromatic nitrogens is 3. The van der Waals surface area contributed by atoms with E-state index in [0.717, 1.165) is 44.7 Å². The summed E-state index contributed by atoms with van der Waals surface area (Å²) in [6.45, 7) is 4.02. The third-order valence-corrected chi connectivity index (χ3v) is 4.56. The summed E-state index contributed by atoms with van der Waals surface area (Å²) in [6.07, 6.45) is 1.79. The van der Waals surface area contributed by atoms with Gasteiger partial charge in [0.2, 0.25) is 0 Å². The van der Waals surface area contributed by atoms with Gasteiger partial charge in [-0.05, 0) is 60.9 Å². The number of rotatable bonds is 4. The van der Waals surface area contributed by atoms with Crippen LogP contribution in [0.1, 0.15) is 17.0 Å². The van der Waals surface area contributed by atoms with Crippen molar-refractivity contribution in [1.82, 2.24) is 14.8 Å². The zero-order chi connectivity index (χ0) is 18.3. The fourth-order valence-electron chi connectivity index (χ4n) is 3.35. The third-order valence-electron chi connectivity index (χ3n) is 4.56. The van der Waals surface area contributed by atoms with Crippen molar-refractivity contribution >= 4 is 16.9 Å². The predicted octanol–water partition coefficient (Wildman–Crippen LogP) is 4.26. The fourth-order valence-corrected chi connectivity index (χ4v) is 3.35. The van der Waals surface area contributed by atoms with Crippen molar-refractivity contribution in [3.05, 3.63) is 71.7 Å². The fraction of sp³-hybridized carbons (Fsp3) is 0.143. The van der Waals surface area contributed by atoms with Crippen LogP contribution in [0.15, 0.2) is 54.7 Å². The van der Waals surface area contributed by atoms with Gasteiger partial charge in [0.05, 0.1) is 17.8 Å². The number of aliphatic carboxylic acids is 1. The number of aryl methyl sites for hydroxylation is 2. The largest absolute Gasteiger partial charge is 0.481 e. The number of hydrogen-bond acceptors (Lipinski definition) is 2. The lowest BCUT2D eigenvalue weighted by atomic mass is 10.0. The number of nitrogens with one attached hydrogen (secondary N) is 1. The average molecular weight is 345 g/mol. The summed E-state index contributed by atoms with van der Waals surface area (Å²) in [5, 5.41) is 14.5. The van der Waals surface area contributed by atoms with Gasteiger partial charge in [-0.15, -0.1) is 0 Å². The summed E-state index contributed by atoms with van der Waals surface area (Å²) >= 11 is 0. The number of nitrogens with zero attached hydrogens (tertiary/aromatic N) is 2. The van der Waals surface area contributed by atoms with E-state index in [1.54, 1.807) is 6.20 Å². The Balaban J connectivity index is 1.71. The number of carbonyl (C=O) groups is 1. The van der Waals surface area contributed by atoms with E-state index in [1.807, 2.05) is 48.9 Å². The summed E-state index contributed by atoms with van der Waals surface area (Å²) in [5.74, 6) is -0.828. The molecule has 0 radical (unpaired) electrons. The zero-order valence-corrected chi connectivity index (χ0v) is 14.7. The third kappa shape index (κ3) is 2.88. The molecular formula is C21H19N3O2. The summed E-state index contributed by atoms with van der Waals surface area (Å²) in [6, 6.07) is 16.4. The van der Waals surface area contributed by atoms with Gasteiger partial charge >= 0.3 is 5.97 Å². The van der Waals surface area contributed by atoms with Gasteiger partial charge in [0.15, 0.2) is 0 Å². The lowest BCUT2D eigenvalue weighted by Crippen LogP contribution is -1.99. The maximum Gasteiger partial charge on any atom is 0.307 e. The summed E-state index contributed by atoms with van der Waals surface area (Å²) in [4.78, 5) is 14.2. The Morgan fingerprint density at radius 2 is 1.81 bits per heavy atom. The number of benzene rings is 2. The molecule has 0 atom stereocenters. The molecule has 0 amide bonds. The van der Waals surface area contributed by atoms with Crippen LogP contribution in [0, 0.1) is 13.8 Å². The standard InChI is InChI=1S/C21H19N3O2/c1-13-9-14(2)24(23-13)18-6-3-15(4-7-18)16-5-8-20-19(10-16)17(12-22-20)11-21(25)26/h3-10,12,22H,11H2,1-2H3,(H,25,26). The number of carboxylic acid groups (broad SMARTS) is 1. The van der Waals surface area contributed by atoms with Gasteiger partial charge in [-0.2, -0.15) is 5.10 Å². The molecule has 0 spiro atoms. The van der Waals surface area contributed by atoms with Gasteiger partial charge in [0.25, 0.3) is 0 Å². The van der Waals surface area contributed by atoms with Crippen molar-refractivity contribution in [2.75, 3.05) is 0 Å². The van der Waals surface area contributed by atoms with Gasteiger partial charge in [0.1, 0.15) is 0 Å². The Kier molecular flexibility index (Phi) is 3.84. The SMILES string of the molecule is Cc1cc(C)n(-c2ccc(-c3ccc4[nH]cc(CC(=O)O)c4c3)cc2)n1. The van der Waals surface area contributed by atoms with Gasteiger partial charge in [0, 0.05) is 22.8 Å². The first-order chi connectivity index (χ1) is 12.5. The Labute approximate surface area is 150 Å². The van der Waals surface area contributed by atoms with Gasteiger partial charge < -0.3 is 10.1 Å². The maximum absolute atomic E-state index is 11.0. The normalized spacial score (nSPS) is 11.2. The van der Waals surface area contributed by atoms with E-state index >= 15 is 0 Å². The minimum absolute atomic E-state index is 0.0142. The Morgan fingerprint density at radius 3 is 2.46 bits per heavy atom. The molecule has 0 aliphatic heterocycles. The molecule has 5 nitrogen and oxygen atoms in total. The number of hydrogen-bond donors (Lipinski definition) is 2. The van der Waals surface area contributed by atoms with E-state index in [0.29, 0.717) is 0 Å². The van der Waals surface area contributed by atoms with E-state index in [4.69, 9.17) is 5.11 Å². The molecule has 0 unspecified atom stereocenters. The molecule has 0 fully saturated rings. The van der Waals surface area contributed by atoms with Gasteiger partial charge in [-0.25, -0.2) is 4.68 Å². The molecule has 130 valence electrons. The topological polar surface area (TPSA) is 70.9 Å². The van der Waals surface area contributed by atoms with Crippen LogP contribution in [0.2, 0.25) is 0 Å². The van der Waals surface area contributed by atoms with Crippen LogP contribution in [0.3, 0.4) is 0 Å². The molecule has 26 heavy (non-hydrogen) atoms. The van der Waals surface area contributed by atoms with Gasteiger partial charge in [-0.1, -0.05) is 18.2 Å². The van der Waals surface area contributed by atoms with Crippen molar-refractivity contribution in [3.63, 3.8) is 0 Å². The predicted molar refractivity (Wildman–Crippen MR) is 102 cm³/mol. The summed E-state index contributed by atoms with van der Waals surface area (Å²) in [5.41, 5.74) is 7.01. The van der Waals surface area contributed by atoms with Crippen LogP contribution in [0.4, 0.5) is 0 Å². The highest BCUT2D eigenvalue weighted by Gasteiger charge is 2.10. The van der Waals surface area contributed by atoms with E-state index in [9.17, 15) is 4.79 Å². The second kappa shape index (κ2) is 6.19. The van der Waals surface area contributed by atoms with Crippen molar-refractivity contribution in [2.45, 2.75) is 20.3 Å². The van der Waals surface area contributed by atoms with Crippen LogP contribution >= 0.6 is 0 Å². The van der Waals surface area contributed by atoms with Crippen molar-refractivity contribution in [3.8, 4) is 16.8 Å². The monoisotopic (exact) mass is 345 g/mol.